The van der Waals surface area contributed by atoms with Gasteiger partial charge in [-0.2, -0.15) is 0 Å². The third-order valence-corrected chi connectivity index (χ3v) is 3.64. The van der Waals surface area contributed by atoms with Crippen LogP contribution in [0.1, 0.15) is 6.42 Å². The first-order chi connectivity index (χ1) is 7.38. The van der Waals surface area contributed by atoms with Crippen LogP contribution < -0.4 is 5.19 Å². The van der Waals surface area contributed by atoms with Gasteiger partial charge in [0.15, 0.2) is 0 Å². The lowest BCUT2D eigenvalue weighted by Crippen LogP contribution is -2.15. The van der Waals surface area contributed by atoms with E-state index in [-0.39, 0.29) is 9.13 Å². The van der Waals surface area contributed by atoms with E-state index < -0.39 is 0 Å². The van der Waals surface area contributed by atoms with Crippen molar-refractivity contribution in [1.82, 2.24) is 0 Å². The standard InChI is InChI=1S/C14H10Si/c1-2-12-7-6-10-14(11-12)15-13-8-4-3-5-9-13/h3-9,15H,10H2. The van der Waals surface area contributed by atoms with Gasteiger partial charge in [0, 0.05) is 14.7 Å². The van der Waals surface area contributed by atoms with Crippen LogP contribution in [-0.4, -0.2) is 14.3 Å². The molecule has 0 nitrogen and oxygen atoms in total. The van der Waals surface area contributed by atoms with Crippen molar-refractivity contribution in [1.29, 1.82) is 0 Å². The molecule has 0 amide bonds. The van der Waals surface area contributed by atoms with Gasteiger partial charge in [-0.15, -0.1) is 0 Å². The van der Waals surface area contributed by atoms with Crippen molar-refractivity contribution in [3.63, 3.8) is 0 Å². The zero-order chi connectivity index (χ0) is 10.5. The van der Waals surface area contributed by atoms with Crippen molar-refractivity contribution in [2.75, 3.05) is 0 Å². The zero-order valence-corrected chi connectivity index (χ0v) is 9.48. The summed E-state index contributed by atoms with van der Waals surface area (Å²) in [6.07, 6.45) is 15.3. The van der Waals surface area contributed by atoms with Crippen LogP contribution in [-0.2, 0) is 0 Å². The fourth-order valence-electron chi connectivity index (χ4n) is 1.49. The predicted molar refractivity (Wildman–Crippen MR) is 65.9 cm³/mol. The average molecular weight is 206 g/mol. The molecule has 15 heavy (non-hydrogen) atoms. The van der Waals surface area contributed by atoms with Gasteiger partial charge in [-0.3, -0.25) is 0 Å². The van der Waals surface area contributed by atoms with Crippen LogP contribution in [0.5, 0.6) is 0 Å². The first-order valence-electron chi connectivity index (χ1n) is 4.87. The maximum atomic E-state index is 7.06. The third-order valence-electron chi connectivity index (χ3n) is 2.19. The van der Waals surface area contributed by atoms with Gasteiger partial charge < -0.3 is 0 Å². The second-order valence-corrected chi connectivity index (χ2v) is 5.00. The first-order valence-corrected chi connectivity index (χ1v) is 6.03. The minimum absolute atomic E-state index is 0.132. The predicted octanol–water partition coefficient (Wildman–Crippen LogP) is 1.20. The van der Waals surface area contributed by atoms with Crippen LogP contribution in [0.2, 0.25) is 0 Å². The van der Waals surface area contributed by atoms with E-state index in [0.29, 0.717) is 0 Å². The second-order valence-electron chi connectivity index (χ2n) is 3.35. The summed E-state index contributed by atoms with van der Waals surface area (Å²) in [5.41, 5.74) is 0.764. The van der Waals surface area contributed by atoms with Crippen LogP contribution in [0.15, 0.2) is 48.1 Å². The van der Waals surface area contributed by atoms with E-state index in [2.05, 4.69) is 42.3 Å². The normalized spacial score (nSPS) is 17.3. The molecule has 0 saturated heterocycles. The van der Waals surface area contributed by atoms with E-state index in [1.54, 1.807) is 0 Å². The van der Waals surface area contributed by atoms with E-state index in [1.807, 2.05) is 12.1 Å². The van der Waals surface area contributed by atoms with Gasteiger partial charge in [0.1, 0.15) is 0 Å². The molecule has 0 saturated carbocycles. The zero-order valence-electron chi connectivity index (χ0n) is 8.33. The number of hydrogen-bond donors (Lipinski definition) is 0. The molecule has 0 spiro atoms. The lowest BCUT2D eigenvalue weighted by Gasteiger charge is -2.04. The summed E-state index contributed by atoms with van der Waals surface area (Å²) in [6, 6.07) is 10.5. The van der Waals surface area contributed by atoms with Crippen molar-refractivity contribution >= 4 is 19.5 Å². The van der Waals surface area contributed by atoms with Gasteiger partial charge in [0.2, 0.25) is 0 Å². The smallest absolute Gasteiger partial charge is 0.0345 e. The number of allylic oxidation sites excluding steroid dienone is 4. The molecule has 2 radical (unpaired) electrons. The quantitative estimate of drug-likeness (QED) is 0.478. The van der Waals surface area contributed by atoms with Crippen molar-refractivity contribution in [2.45, 2.75) is 6.42 Å². The van der Waals surface area contributed by atoms with Gasteiger partial charge in [-0.25, -0.2) is 0 Å². The van der Waals surface area contributed by atoms with E-state index >= 15 is 0 Å². The summed E-state index contributed by atoms with van der Waals surface area (Å²) in [6.45, 7) is 0. The maximum absolute atomic E-state index is 7.06. The van der Waals surface area contributed by atoms with Gasteiger partial charge in [0.25, 0.3) is 0 Å². The Balaban J connectivity index is 2.27. The highest BCUT2D eigenvalue weighted by Gasteiger charge is 2.00. The lowest BCUT2D eigenvalue weighted by atomic mass is 10.1. The summed E-state index contributed by atoms with van der Waals surface area (Å²) >= 11 is 0. The topological polar surface area (TPSA) is 0 Å². The van der Waals surface area contributed by atoms with Crippen molar-refractivity contribution in [3.8, 4) is 5.92 Å². The largest absolute Gasteiger partial charge is 0.0793 e. The summed E-state index contributed by atoms with van der Waals surface area (Å²) in [4.78, 5) is 0. The average Bonchev–Trinajstić information content (AvgIpc) is 2.31. The molecule has 1 aromatic rings. The minimum Gasteiger partial charge on any atom is -0.0793 e. The molecule has 0 unspecified atom stereocenters. The summed E-state index contributed by atoms with van der Waals surface area (Å²) in [7, 11) is 0.132. The van der Waals surface area contributed by atoms with Gasteiger partial charge >= 0.3 is 0 Å². The summed E-state index contributed by atoms with van der Waals surface area (Å²) < 4.78 is 0. The molecule has 1 heteroatoms. The fraction of sp³-hybridized carbons (Fsp3) is 0.0714. The molecular formula is C14H10Si. The molecule has 0 bridgehead atoms. The number of benzene rings is 1. The highest BCUT2D eigenvalue weighted by molar-refractivity contribution is 6.67. The van der Waals surface area contributed by atoms with Crippen LogP contribution in [0, 0.1) is 18.4 Å². The molecule has 0 heterocycles. The van der Waals surface area contributed by atoms with E-state index in [9.17, 15) is 0 Å². The molecule has 0 N–H and O–H groups in total. The second kappa shape index (κ2) is 4.72. The highest BCUT2D eigenvalue weighted by Crippen LogP contribution is 2.04. The van der Waals surface area contributed by atoms with Crippen LogP contribution in [0.3, 0.4) is 0 Å². The Morgan fingerprint density at radius 1 is 1.27 bits per heavy atom. The SMILES string of the molecule is [C]#CC1=[C]C(=[SiH]c2ccccc2)CC=C1. The Hall–Kier alpha value is -1.65. The van der Waals surface area contributed by atoms with E-state index in [0.717, 1.165) is 12.0 Å². The maximum Gasteiger partial charge on any atom is 0.0345 e. The molecule has 0 atom stereocenters. The van der Waals surface area contributed by atoms with Crippen LogP contribution >= 0.6 is 0 Å². The molecule has 1 aliphatic carbocycles. The Morgan fingerprint density at radius 2 is 2.07 bits per heavy atom. The Bertz CT molecular complexity index is 470. The summed E-state index contributed by atoms with van der Waals surface area (Å²) in [5.74, 6) is 2.38. The monoisotopic (exact) mass is 206 g/mol. The lowest BCUT2D eigenvalue weighted by molar-refractivity contribution is 1.46. The van der Waals surface area contributed by atoms with Crippen LogP contribution in [0.25, 0.3) is 0 Å². The third kappa shape index (κ3) is 2.65. The van der Waals surface area contributed by atoms with Gasteiger partial charge in [-0.1, -0.05) is 47.5 Å². The Morgan fingerprint density at radius 3 is 2.80 bits per heavy atom. The molecule has 70 valence electrons. The molecule has 2 rings (SSSR count). The van der Waals surface area contributed by atoms with E-state index in [4.69, 9.17) is 6.42 Å². The Labute approximate surface area is 92.8 Å². The van der Waals surface area contributed by atoms with Crippen molar-refractivity contribution < 1.29 is 0 Å². The minimum atomic E-state index is 0.132. The fourth-order valence-corrected chi connectivity index (χ4v) is 2.79. The molecule has 1 aromatic carbocycles. The van der Waals surface area contributed by atoms with Crippen LogP contribution in [0.4, 0.5) is 0 Å². The number of rotatable bonds is 1. The van der Waals surface area contributed by atoms with Crippen molar-refractivity contribution in [3.05, 3.63) is 60.6 Å². The molecule has 0 fully saturated rings. The van der Waals surface area contributed by atoms with Crippen molar-refractivity contribution in [2.24, 2.45) is 0 Å². The molecular weight excluding hydrogens is 196 g/mol. The van der Waals surface area contributed by atoms with E-state index in [1.165, 1.54) is 10.4 Å². The Kier molecular flexibility index (Phi) is 3.11. The highest BCUT2D eigenvalue weighted by atomic mass is 28.2. The summed E-state index contributed by atoms with van der Waals surface area (Å²) in [5, 5.41) is 2.68. The first kappa shape index (κ1) is 9.89. The van der Waals surface area contributed by atoms with Gasteiger partial charge in [-0.05, 0) is 30.2 Å². The number of hydrogen-bond acceptors (Lipinski definition) is 0. The molecule has 1 aliphatic rings. The molecule has 0 aliphatic heterocycles. The molecule has 0 aromatic heterocycles. The van der Waals surface area contributed by atoms with Gasteiger partial charge in [0.05, 0.1) is 0 Å².